The molecule has 2 aromatic carbocycles. The predicted octanol–water partition coefficient (Wildman–Crippen LogP) is 4.81. The molecule has 32 heavy (non-hydrogen) atoms. The molecule has 1 heterocycles. The number of hydrogen-bond donors (Lipinski definition) is 1. The van der Waals surface area contributed by atoms with Crippen molar-refractivity contribution in [2.75, 3.05) is 12.9 Å². The Labute approximate surface area is 190 Å². The van der Waals surface area contributed by atoms with E-state index in [-0.39, 0.29) is 11.6 Å². The third kappa shape index (κ3) is 5.95. The lowest BCUT2D eigenvalue weighted by atomic mass is 10.0. The zero-order chi connectivity index (χ0) is 23.3. The highest BCUT2D eigenvalue weighted by Crippen LogP contribution is 2.39. The molecule has 1 amide bonds. The molecule has 168 valence electrons. The lowest BCUT2D eigenvalue weighted by Crippen LogP contribution is -2.30. The number of carbonyl (C=O) groups is 1. The van der Waals surface area contributed by atoms with E-state index in [2.05, 4.69) is 4.98 Å². The lowest BCUT2D eigenvalue weighted by molar-refractivity contribution is 0.0978. The van der Waals surface area contributed by atoms with E-state index >= 15 is 0 Å². The van der Waals surface area contributed by atoms with Crippen molar-refractivity contribution in [3.05, 3.63) is 71.1 Å². The minimum Gasteiger partial charge on any atom is -0.477 e. The second-order valence-corrected chi connectivity index (χ2v) is 8.98. The minimum atomic E-state index is -3.90. The van der Waals surface area contributed by atoms with Gasteiger partial charge in [-0.2, -0.15) is 0 Å². The van der Waals surface area contributed by atoms with Gasteiger partial charge >= 0.3 is 0 Å². The summed E-state index contributed by atoms with van der Waals surface area (Å²) in [4.78, 5) is 16.6. The van der Waals surface area contributed by atoms with E-state index < -0.39 is 27.3 Å². The van der Waals surface area contributed by atoms with Gasteiger partial charge < -0.3 is 9.47 Å². The number of hydrogen-bond acceptors (Lipinski definition) is 6. The average Bonchev–Trinajstić information content (AvgIpc) is 2.73. The first-order valence-electron chi connectivity index (χ1n) is 9.55. The summed E-state index contributed by atoms with van der Waals surface area (Å²) in [6.45, 7) is 2.32. The first-order chi connectivity index (χ1) is 15.2. The quantitative estimate of drug-likeness (QED) is 0.499. The van der Waals surface area contributed by atoms with Gasteiger partial charge in [0.2, 0.25) is 15.9 Å². The summed E-state index contributed by atoms with van der Waals surface area (Å²) in [6.07, 6.45) is 3.07. The van der Waals surface area contributed by atoms with Crippen molar-refractivity contribution in [1.29, 1.82) is 0 Å². The summed E-state index contributed by atoms with van der Waals surface area (Å²) in [5, 5.41) is 0.499. The third-order valence-electron chi connectivity index (χ3n) is 4.14. The zero-order valence-electron chi connectivity index (χ0n) is 17.3. The summed E-state index contributed by atoms with van der Waals surface area (Å²) in [5.41, 5.74) is 0.261. The molecule has 0 aliphatic carbocycles. The largest absolute Gasteiger partial charge is 0.477 e. The second kappa shape index (κ2) is 9.97. The normalized spacial score (nSPS) is 11.1. The van der Waals surface area contributed by atoms with E-state index in [1.54, 1.807) is 41.1 Å². The van der Waals surface area contributed by atoms with Crippen LogP contribution in [0.15, 0.2) is 54.7 Å². The van der Waals surface area contributed by atoms with Gasteiger partial charge in [0, 0.05) is 28.4 Å². The van der Waals surface area contributed by atoms with Gasteiger partial charge in [-0.3, -0.25) is 4.79 Å². The van der Waals surface area contributed by atoms with Crippen molar-refractivity contribution in [3.63, 3.8) is 0 Å². The van der Waals surface area contributed by atoms with Crippen molar-refractivity contribution in [1.82, 2.24) is 9.71 Å². The van der Waals surface area contributed by atoms with Crippen LogP contribution < -0.4 is 14.2 Å². The van der Waals surface area contributed by atoms with Gasteiger partial charge in [0.1, 0.15) is 17.3 Å². The van der Waals surface area contributed by atoms with Gasteiger partial charge in [0.05, 0.1) is 18.4 Å². The molecule has 0 bridgehead atoms. The Hall–Kier alpha value is -3.17. The number of carbonyl (C=O) groups excluding carboxylic acids is 1. The Bertz CT molecular complexity index is 1230. The van der Waals surface area contributed by atoms with E-state index in [1.807, 2.05) is 6.92 Å². The molecule has 0 aliphatic rings. The van der Waals surface area contributed by atoms with Crippen LogP contribution in [-0.4, -0.2) is 32.2 Å². The molecule has 3 rings (SSSR count). The molecule has 0 radical (unpaired) electrons. The summed E-state index contributed by atoms with van der Waals surface area (Å²) < 4.78 is 51.1. The molecule has 0 aliphatic heterocycles. The number of halogens is 2. The van der Waals surface area contributed by atoms with Crippen LogP contribution in [0.5, 0.6) is 17.4 Å². The number of nitrogens with zero attached hydrogens (tertiary/aromatic N) is 1. The van der Waals surface area contributed by atoms with Crippen LogP contribution in [0.2, 0.25) is 5.02 Å². The molecule has 10 heteroatoms. The van der Waals surface area contributed by atoms with Gasteiger partial charge in [0.15, 0.2) is 0 Å². The standard InChI is InChI=1S/C22H20ClFN2O5S/c1-3-11-30-22-16(5-4-10-25-22)17-12-18(21(27)26-32(2,28)29)19(24)13-20(17)31-15-8-6-14(23)7-9-15/h4-10,12-13H,3,11H2,1-2H3,(H,26,27). The van der Waals surface area contributed by atoms with Crippen molar-refractivity contribution < 1.29 is 27.1 Å². The van der Waals surface area contributed by atoms with Crippen molar-refractivity contribution in [3.8, 4) is 28.5 Å². The number of rotatable bonds is 8. The number of nitrogens with one attached hydrogen (secondary N) is 1. The van der Waals surface area contributed by atoms with Gasteiger partial charge in [-0.05, 0) is 48.9 Å². The highest BCUT2D eigenvalue weighted by molar-refractivity contribution is 7.89. The Morgan fingerprint density at radius 3 is 2.53 bits per heavy atom. The predicted molar refractivity (Wildman–Crippen MR) is 119 cm³/mol. The Morgan fingerprint density at radius 1 is 1.16 bits per heavy atom. The van der Waals surface area contributed by atoms with Crippen LogP contribution in [0, 0.1) is 5.82 Å². The highest BCUT2D eigenvalue weighted by atomic mass is 35.5. The molecule has 7 nitrogen and oxygen atoms in total. The van der Waals surface area contributed by atoms with Crippen molar-refractivity contribution in [2.45, 2.75) is 13.3 Å². The topological polar surface area (TPSA) is 94.6 Å². The first-order valence-corrected chi connectivity index (χ1v) is 11.8. The van der Waals surface area contributed by atoms with Crippen LogP contribution in [0.4, 0.5) is 4.39 Å². The van der Waals surface area contributed by atoms with E-state index in [0.717, 1.165) is 18.7 Å². The van der Waals surface area contributed by atoms with Crippen molar-refractivity contribution >= 4 is 27.5 Å². The lowest BCUT2D eigenvalue weighted by Gasteiger charge is -2.16. The number of ether oxygens (including phenoxy) is 2. The number of sulfonamides is 1. The monoisotopic (exact) mass is 478 g/mol. The molecular formula is C22H20ClFN2O5S. The Morgan fingerprint density at radius 2 is 1.88 bits per heavy atom. The smallest absolute Gasteiger partial charge is 0.267 e. The van der Waals surface area contributed by atoms with E-state index in [9.17, 15) is 17.6 Å². The molecule has 0 atom stereocenters. The van der Waals surface area contributed by atoms with E-state index in [0.29, 0.717) is 28.5 Å². The van der Waals surface area contributed by atoms with Crippen molar-refractivity contribution in [2.24, 2.45) is 0 Å². The molecular weight excluding hydrogens is 459 g/mol. The molecule has 1 N–H and O–H groups in total. The Kier molecular flexibility index (Phi) is 7.32. The number of benzene rings is 2. The number of pyridine rings is 1. The first kappa shape index (κ1) is 23.5. The maximum absolute atomic E-state index is 14.8. The third-order valence-corrected chi connectivity index (χ3v) is 4.95. The van der Waals surface area contributed by atoms with Gasteiger partial charge in [-0.1, -0.05) is 18.5 Å². The maximum atomic E-state index is 14.8. The molecule has 0 saturated carbocycles. The summed E-state index contributed by atoms with van der Waals surface area (Å²) in [7, 11) is -3.90. The van der Waals surface area contributed by atoms with E-state index in [4.69, 9.17) is 21.1 Å². The van der Waals surface area contributed by atoms with Gasteiger partial charge in [-0.15, -0.1) is 0 Å². The highest BCUT2D eigenvalue weighted by Gasteiger charge is 2.22. The molecule has 0 spiro atoms. The van der Waals surface area contributed by atoms with Crippen LogP contribution in [-0.2, 0) is 10.0 Å². The summed E-state index contributed by atoms with van der Waals surface area (Å²) in [6, 6.07) is 12.0. The second-order valence-electron chi connectivity index (χ2n) is 6.79. The van der Waals surface area contributed by atoms with Crippen LogP contribution in [0.3, 0.4) is 0 Å². The maximum Gasteiger partial charge on any atom is 0.267 e. The minimum absolute atomic E-state index is 0.0788. The van der Waals surface area contributed by atoms with Gasteiger partial charge in [0.25, 0.3) is 5.91 Å². The zero-order valence-corrected chi connectivity index (χ0v) is 18.8. The molecule has 0 fully saturated rings. The van der Waals surface area contributed by atoms with E-state index in [1.165, 1.54) is 12.3 Å². The Balaban J connectivity index is 2.15. The fourth-order valence-corrected chi connectivity index (χ4v) is 3.36. The number of aromatic nitrogens is 1. The van der Waals surface area contributed by atoms with Crippen LogP contribution in [0.25, 0.3) is 11.1 Å². The average molecular weight is 479 g/mol. The SMILES string of the molecule is CCCOc1ncccc1-c1cc(C(=O)NS(C)(=O)=O)c(F)cc1Oc1ccc(Cl)cc1. The summed E-state index contributed by atoms with van der Waals surface area (Å²) in [5.74, 6) is -1.35. The molecule has 0 unspecified atom stereocenters. The molecule has 3 aromatic rings. The fraction of sp³-hybridized carbons (Fsp3) is 0.182. The van der Waals surface area contributed by atoms with Crippen LogP contribution >= 0.6 is 11.6 Å². The van der Waals surface area contributed by atoms with Crippen LogP contribution in [0.1, 0.15) is 23.7 Å². The fourth-order valence-electron chi connectivity index (χ4n) is 2.79. The molecule has 0 saturated heterocycles. The molecule has 1 aromatic heterocycles. The summed E-state index contributed by atoms with van der Waals surface area (Å²) >= 11 is 5.91. The number of amides is 1. The van der Waals surface area contributed by atoms with Gasteiger partial charge in [-0.25, -0.2) is 22.5 Å².